The van der Waals surface area contributed by atoms with Gasteiger partial charge in [-0.1, -0.05) is 48.9 Å². The van der Waals surface area contributed by atoms with E-state index in [1.54, 1.807) is 0 Å². The highest BCUT2D eigenvalue weighted by molar-refractivity contribution is 6.34. The van der Waals surface area contributed by atoms with E-state index in [0.29, 0.717) is 0 Å². The Morgan fingerprint density at radius 1 is 1.11 bits per heavy atom. The highest BCUT2D eigenvalue weighted by atomic mass is 35.5. The summed E-state index contributed by atoms with van der Waals surface area (Å²) < 4.78 is 13.6. The van der Waals surface area contributed by atoms with Gasteiger partial charge in [-0.2, -0.15) is 0 Å². The lowest BCUT2D eigenvalue weighted by molar-refractivity contribution is 0.0989. The summed E-state index contributed by atoms with van der Waals surface area (Å²) in [7, 11) is 0. The maximum Gasteiger partial charge on any atom is 0.171 e. The average molecular weight is 277 g/mol. The molecule has 2 rings (SSSR count). The number of aryl methyl sites for hydroxylation is 1. The van der Waals surface area contributed by atoms with Gasteiger partial charge in [-0.3, -0.25) is 4.79 Å². The number of hydrogen-bond donors (Lipinski definition) is 0. The lowest BCUT2D eigenvalue weighted by Crippen LogP contribution is -2.07. The number of ketones is 1. The van der Waals surface area contributed by atoms with Crippen LogP contribution in [0.15, 0.2) is 42.5 Å². The van der Waals surface area contributed by atoms with E-state index < -0.39 is 5.82 Å². The SMILES string of the molecule is CCc1ccc(CC(=O)c2c(F)cccc2Cl)cc1. The second-order valence-corrected chi connectivity index (χ2v) is 4.77. The van der Waals surface area contributed by atoms with Crippen molar-refractivity contribution >= 4 is 17.4 Å². The molecular formula is C16H14ClFO. The van der Waals surface area contributed by atoms with Crippen LogP contribution in [0.5, 0.6) is 0 Å². The van der Waals surface area contributed by atoms with E-state index in [1.165, 1.54) is 23.8 Å². The second-order valence-electron chi connectivity index (χ2n) is 4.37. The normalized spacial score (nSPS) is 10.5. The van der Waals surface area contributed by atoms with Gasteiger partial charge in [0, 0.05) is 6.42 Å². The van der Waals surface area contributed by atoms with Gasteiger partial charge in [0.25, 0.3) is 0 Å². The number of hydrogen-bond acceptors (Lipinski definition) is 1. The molecule has 19 heavy (non-hydrogen) atoms. The van der Waals surface area contributed by atoms with Crippen LogP contribution in [0, 0.1) is 5.82 Å². The number of carbonyl (C=O) groups is 1. The summed E-state index contributed by atoms with van der Waals surface area (Å²) in [5.41, 5.74) is 2.05. The van der Waals surface area contributed by atoms with Crippen LogP contribution >= 0.6 is 11.6 Å². The Morgan fingerprint density at radius 3 is 2.32 bits per heavy atom. The zero-order chi connectivity index (χ0) is 13.8. The monoisotopic (exact) mass is 276 g/mol. The largest absolute Gasteiger partial charge is 0.294 e. The summed E-state index contributed by atoms with van der Waals surface area (Å²) in [5.74, 6) is -0.866. The van der Waals surface area contributed by atoms with Crippen LogP contribution in [0.25, 0.3) is 0 Å². The summed E-state index contributed by atoms with van der Waals surface area (Å²) >= 11 is 5.88. The second kappa shape index (κ2) is 5.98. The fourth-order valence-corrected chi connectivity index (χ4v) is 2.20. The van der Waals surface area contributed by atoms with Crippen LogP contribution in [-0.2, 0) is 12.8 Å². The van der Waals surface area contributed by atoms with Gasteiger partial charge in [-0.15, -0.1) is 0 Å². The van der Waals surface area contributed by atoms with Crippen molar-refractivity contribution in [2.75, 3.05) is 0 Å². The lowest BCUT2D eigenvalue weighted by atomic mass is 10.0. The highest BCUT2D eigenvalue weighted by Crippen LogP contribution is 2.21. The Bertz CT molecular complexity index is 570. The molecule has 0 saturated heterocycles. The molecule has 0 aliphatic carbocycles. The minimum Gasteiger partial charge on any atom is -0.294 e. The fraction of sp³-hybridized carbons (Fsp3) is 0.188. The van der Waals surface area contributed by atoms with Crippen LogP contribution in [0.4, 0.5) is 4.39 Å². The maximum atomic E-state index is 13.6. The smallest absolute Gasteiger partial charge is 0.171 e. The third-order valence-electron chi connectivity index (χ3n) is 3.04. The number of halogens is 2. The molecule has 3 heteroatoms. The van der Waals surface area contributed by atoms with Crippen LogP contribution in [0.3, 0.4) is 0 Å². The molecule has 0 amide bonds. The Labute approximate surface area is 117 Å². The zero-order valence-corrected chi connectivity index (χ0v) is 11.4. The Balaban J connectivity index is 2.21. The van der Waals surface area contributed by atoms with E-state index in [1.807, 2.05) is 24.3 Å². The summed E-state index contributed by atoms with van der Waals surface area (Å²) in [6.45, 7) is 2.07. The van der Waals surface area contributed by atoms with E-state index in [-0.39, 0.29) is 22.8 Å². The van der Waals surface area contributed by atoms with Gasteiger partial charge in [0.05, 0.1) is 10.6 Å². The fourth-order valence-electron chi connectivity index (χ4n) is 1.93. The third kappa shape index (κ3) is 3.21. The van der Waals surface area contributed by atoms with Crippen LogP contribution < -0.4 is 0 Å². The first-order valence-corrected chi connectivity index (χ1v) is 6.54. The Kier molecular flexibility index (Phi) is 4.33. The van der Waals surface area contributed by atoms with Gasteiger partial charge in [-0.25, -0.2) is 4.39 Å². The van der Waals surface area contributed by atoms with Gasteiger partial charge < -0.3 is 0 Å². The van der Waals surface area contributed by atoms with E-state index in [4.69, 9.17) is 11.6 Å². The zero-order valence-electron chi connectivity index (χ0n) is 10.6. The summed E-state index contributed by atoms with van der Waals surface area (Å²) in [6, 6.07) is 12.0. The molecule has 98 valence electrons. The number of benzene rings is 2. The summed E-state index contributed by atoms with van der Waals surface area (Å²) in [4.78, 5) is 12.1. The molecule has 0 fully saturated rings. The first-order chi connectivity index (χ1) is 9.11. The molecule has 0 radical (unpaired) electrons. The van der Waals surface area contributed by atoms with Crippen molar-refractivity contribution in [3.63, 3.8) is 0 Å². The minimum absolute atomic E-state index is 0.0243. The molecule has 0 saturated carbocycles. The summed E-state index contributed by atoms with van der Waals surface area (Å²) in [5, 5.41) is 0.162. The molecule has 0 atom stereocenters. The number of Topliss-reactive ketones (excluding diaryl/α,β-unsaturated/α-hetero) is 1. The van der Waals surface area contributed by atoms with E-state index in [9.17, 15) is 9.18 Å². The van der Waals surface area contributed by atoms with Crippen molar-refractivity contribution in [2.24, 2.45) is 0 Å². The first-order valence-electron chi connectivity index (χ1n) is 6.17. The van der Waals surface area contributed by atoms with Crippen molar-refractivity contribution in [2.45, 2.75) is 19.8 Å². The van der Waals surface area contributed by atoms with Crippen LogP contribution in [0.1, 0.15) is 28.4 Å². The highest BCUT2D eigenvalue weighted by Gasteiger charge is 2.15. The molecule has 0 heterocycles. The van der Waals surface area contributed by atoms with Crippen molar-refractivity contribution in [1.29, 1.82) is 0 Å². The van der Waals surface area contributed by atoms with Gasteiger partial charge in [0.1, 0.15) is 5.82 Å². The molecule has 2 aromatic carbocycles. The molecule has 0 bridgehead atoms. The van der Waals surface area contributed by atoms with E-state index >= 15 is 0 Å². The van der Waals surface area contributed by atoms with Gasteiger partial charge in [0.2, 0.25) is 0 Å². The van der Waals surface area contributed by atoms with Gasteiger partial charge in [-0.05, 0) is 29.7 Å². The lowest BCUT2D eigenvalue weighted by Gasteiger charge is -2.06. The van der Waals surface area contributed by atoms with Crippen LogP contribution in [0.2, 0.25) is 5.02 Å². The predicted molar refractivity (Wildman–Crippen MR) is 75.3 cm³/mol. The Hall–Kier alpha value is -1.67. The average Bonchev–Trinajstić information content (AvgIpc) is 2.39. The third-order valence-corrected chi connectivity index (χ3v) is 3.35. The molecule has 0 aliphatic rings. The molecule has 0 unspecified atom stereocenters. The number of rotatable bonds is 4. The predicted octanol–water partition coefficient (Wildman–Crippen LogP) is 4.47. The molecule has 0 N–H and O–H groups in total. The minimum atomic E-state index is -0.567. The maximum absolute atomic E-state index is 13.6. The van der Waals surface area contributed by atoms with Gasteiger partial charge in [0.15, 0.2) is 5.78 Å². The van der Waals surface area contributed by atoms with Gasteiger partial charge >= 0.3 is 0 Å². The van der Waals surface area contributed by atoms with Crippen molar-refractivity contribution in [3.8, 4) is 0 Å². The van der Waals surface area contributed by atoms with Crippen LogP contribution in [-0.4, -0.2) is 5.78 Å². The van der Waals surface area contributed by atoms with E-state index in [0.717, 1.165) is 12.0 Å². The quantitative estimate of drug-likeness (QED) is 0.753. The molecular weight excluding hydrogens is 263 g/mol. The van der Waals surface area contributed by atoms with Crippen molar-refractivity contribution in [3.05, 3.63) is 70.0 Å². The van der Waals surface area contributed by atoms with Crippen molar-refractivity contribution in [1.82, 2.24) is 0 Å². The molecule has 0 spiro atoms. The topological polar surface area (TPSA) is 17.1 Å². The van der Waals surface area contributed by atoms with E-state index in [2.05, 4.69) is 6.92 Å². The number of carbonyl (C=O) groups excluding carboxylic acids is 1. The standard InChI is InChI=1S/C16H14ClFO/c1-2-11-6-8-12(9-7-11)10-15(19)16-13(17)4-3-5-14(16)18/h3-9H,2,10H2,1H3. The molecule has 1 nitrogen and oxygen atoms in total. The molecule has 0 aromatic heterocycles. The van der Waals surface area contributed by atoms with Crippen molar-refractivity contribution < 1.29 is 9.18 Å². The summed E-state index contributed by atoms with van der Waals surface area (Å²) in [6.07, 6.45) is 1.11. The molecule has 2 aromatic rings. The Morgan fingerprint density at radius 2 is 1.74 bits per heavy atom. The molecule has 0 aliphatic heterocycles. The first kappa shape index (κ1) is 13.8.